The van der Waals surface area contributed by atoms with Gasteiger partial charge in [-0.1, -0.05) is 177 Å². The monoisotopic (exact) mass is 812 g/mol. The standard InChI is InChI=1S/C59H48N4/c1-42(43-16-6-2-7-17-43)38-57(62-51-20-10-4-11-21-51)55-34-28-47(40-60-55)44-24-30-49(31-25-44)59(36-14-5-15-37-59)50-32-26-45(27-33-50)48-29-35-56(61-41-48)58-39-53(46-18-8-3-9-19-46)52-22-12-13-23-54(52)63-58/h2-4,6-13,16-35,38-41H,5,14-15,36-37H2,1H3/b42-38+,62-57+. The number of aliphatic imine (C=N–C) groups is 1. The van der Waals surface area contributed by atoms with Crippen LogP contribution >= 0.6 is 0 Å². The van der Waals surface area contributed by atoms with E-state index in [2.05, 4.69) is 165 Å². The van der Waals surface area contributed by atoms with E-state index in [9.17, 15) is 0 Å². The molecule has 10 rings (SSSR count). The van der Waals surface area contributed by atoms with Crippen LogP contribution < -0.4 is 0 Å². The average molecular weight is 813 g/mol. The molecule has 4 nitrogen and oxygen atoms in total. The fourth-order valence-corrected chi connectivity index (χ4v) is 9.25. The first-order valence-corrected chi connectivity index (χ1v) is 22.1. The van der Waals surface area contributed by atoms with Crippen LogP contribution in [0.15, 0.2) is 218 Å². The van der Waals surface area contributed by atoms with Gasteiger partial charge in [0.25, 0.3) is 0 Å². The Morgan fingerprint density at radius 3 is 1.70 bits per heavy atom. The van der Waals surface area contributed by atoms with E-state index in [1.165, 1.54) is 36.0 Å². The number of fused-ring (bicyclic) bond motifs is 1. The first-order valence-electron chi connectivity index (χ1n) is 22.1. The summed E-state index contributed by atoms with van der Waals surface area (Å²) in [7, 11) is 0. The Balaban J connectivity index is 0.893. The third kappa shape index (κ3) is 8.41. The van der Waals surface area contributed by atoms with Gasteiger partial charge in [-0.3, -0.25) is 9.97 Å². The average Bonchev–Trinajstić information content (AvgIpc) is 3.37. The highest BCUT2D eigenvalue weighted by atomic mass is 14.8. The molecule has 0 spiro atoms. The second kappa shape index (κ2) is 17.8. The molecule has 0 saturated heterocycles. The van der Waals surface area contributed by atoms with E-state index in [1.807, 2.05) is 54.9 Å². The van der Waals surface area contributed by atoms with Crippen LogP contribution in [0.2, 0.25) is 0 Å². The molecule has 4 heteroatoms. The van der Waals surface area contributed by atoms with E-state index in [0.717, 1.165) is 91.2 Å². The minimum Gasteiger partial charge on any atom is -0.254 e. The molecule has 0 bridgehead atoms. The van der Waals surface area contributed by atoms with E-state index in [1.54, 1.807) is 0 Å². The van der Waals surface area contributed by atoms with Gasteiger partial charge in [-0.2, -0.15) is 0 Å². The summed E-state index contributed by atoms with van der Waals surface area (Å²) in [5, 5.41) is 1.14. The number of nitrogens with zero attached hydrogens (tertiary/aromatic N) is 4. The van der Waals surface area contributed by atoms with Crippen molar-refractivity contribution >= 4 is 27.9 Å². The van der Waals surface area contributed by atoms with E-state index in [4.69, 9.17) is 19.9 Å². The van der Waals surface area contributed by atoms with E-state index in [0.29, 0.717) is 0 Å². The maximum atomic E-state index is 5.03. The Bertz CT molecular complexity index is 3020. The van der Waals surface area contributed by atoms with Crippen molar-refractivity contribution in [1.29, 1.82) is 0 Å². The first kappa shape index (κ1) is 39.6. The van der Waals surface area contributed by atoms with Gasteiger partial charge in [-0.15, -0.1) is 0 Å². The lowest BCUT2D eigenvalue weighted by molar-refractivity contribution is 0.346. The van der Waals surface area contributed by atoms with Crippen LogP contribution in [0.3, 0.4) is 0 Å². The Morgan fingerprint density at radius 2 is 1.08 bits per heavy atom. The van der Waals surface area contributed by atoms with Crippen molar-refractivity contribution in [1.82, 2.24) is 15.0 Å². The Kier molecular flexibility index (Phi) is 11.2. The maximum absolute atomic E-state index is 5.03. The fourth-order valence-electron chi connectivity index (χ4n) is 9.25. The maximum Gasteiger partial charge on any atom is 0.0900 e. The number of rotatable bonds is 10. The van der Waals surface area contributed by atoms with Crippen LogP contribution in [0, 0.1) is 0 Å². The molecule has 0 unspecified atom stereocenters. The van der Waals surface area contributed by atoms with Crippen LogP contribution in [-0.2, 0) is 5.41 Å². The lowest BCUT2D eigenvalue weighted by atomic mass is 9.65. The van der Waals surface area contributed by atoms with E-state index < -0.39 is 0 Å². The summed E-state index contributed by atoms with van der Waals surface area (Å²) in [6, 6.07) is 68.6. The van der Waals surface area contributed by atoms with Crippen molar-refractivity contribution in [2.75, 3.05) is 0 Å². The summed E-state index contributed by atoms with van der Waals surface area (Å²) in [4.78, 5) is 20.0. The third-order valence-electron chi connectivity index (χ3n) is 12.7. The van der Waals surface area contributed by atoms with Gasteiger partial charge in [0.2, 0.25) is 0 Å². The van der Waals surface area contributed by atoms with Gasteiger partial charge >= 0.3 is 0 Å². The summed E-state index contributed by atoms with van der Waals surface area (Å²) in [5.74, 6) is 0. The zero-order chi connectivity index (χ0) is 42.4. The highest BCUT2D eigenvalue weighted by Gasteiger charge is 2.35. The van der Waals surface area contributed by atoms with Gasteiger partial charge in [0.15, 0.2) is 0 Å². The van der Waals surface area contributed by atoms with Crippen molar-refractivity contribution < 1.29 is 0 Å². The Morgan fingerprint density at radius 1 is 0.508 bits per heavy atom. The smallest absolute Gasteiger partial charge is 0.0900 e. The van der Waals surface area contributed by atoms with Crippen LogP contribution in [0.5, 0.6) is 0 Å². The van der Waals surface area contributed by atoms with Crippen molar-refractivity contribution in [3.63, 3.8) is 0 Å². The Labute approximate surface area is 370 Å². The van der Waals surface area contributed by atoms with Gasteiger partial charge in [-0.05, 0) is 107 Å². The molecule has 0 N–H and O–H groups in total. The molecule has 6 aromatic carbocycles. The summed E-state index contributed by atoms with van der Waals surface area (Å²) >= 11 is 0. The molecule has 0 atom stereocenters. The van der Waals surface area contributed by atoms with Crippen LogP contribution in [0.1, 0.15) is 61.4 Å². The Hall–Kier alpha value is -7.56. The van der Waals surface area contributed by atoms with Crippen molar-refractivity contribution in [3.05, 3.63) is 235 Å². The zero-order valence-corrected chi connectivity index (χ0v) is 35.5. The molecule has 63 heavy (non-hydrogen) atoms. The van der Waals surface area contributed by atoms with Gasteiger partial charge in [0.05, 0.1) is 34.0 Å². The number of hydrogen-bond acceptors (Lipinski definition) is 4. The minimum atomic E-state index is -0.0243. The number of benzene rings is 6. The minimum absolute atomic E-state index is 0.0243. The molecule has 3 heterocycles. The normalized spacial score (nSPS) is 14.1. The molecule has 1 aliphatic carbocycles. The predicted octanol–water partition coefficient (Wildman–Crippen LogP) is 15.2. The SMILES string of the molecule is C/C(=C\C(=N/c1ccccc1)c1ccc(-c2ccc(C3(c4ccc(-c5ccc(-c6cc(-c7ccccc7)c7ccccc7n6)nc5)cc4)CCCCC3)cc2)cn1)c1ccccc1. The third-order valence-corrected chi connectivity index (χ3v) is 12.7. The van der Waals surface area contributed by atoms with Gasteiger partial charge in [-0.25, -0.2) is 9.98 Å². The highest BCUT2D eigenvalue weighted by molar-refractivity contribution is 6.12. The highest BCUT2D eigenvalue weighted by Crippen LogP contribution is 2.46. The molecular weight excluding hydrogens is 765 g/mol. The fraction of sp³-hybridized carbons (Fsp3) is 0.119. The molecule has 304 valence electrons. The van der Waals surface area contributed by atoms with Gasteiger partial charge in [0.1, 0.15) is 0 Å². The largest absolute Gasteiger partial charge is 0.254 e. The zero-order valence-electron chi connectivity index (χ0n) is 35.5. The van der Waals surface area contributed by atoms with Crippen LogP contribution in [0.25, 0.3) is 61.2 Å². The first-order chi connectivity index (χ1) is 31.1. The molecule has 0 radical (unpaired) electrons. The predicted molar refractivity (Wildman–Crippen MR) is 262 cm³/mol. The number of para-hydroxylation sites is 2. The summed E-state index contributed by atoms with van der Waals surface area (Å²) in [6.07, 6.45) is 12.1. The summed E-state index contributed by atoms with van der Waals surface area (Å²) in [6.45, 7) is 2.13. The molecule has 9 aromatic rings. The van der Waals surface area contributed by atoms with E-state index in [-0.39, 0.29) is 5.41 Å². The molecule has 0 aliphatic heterocycles. The topological polar surface area (TPSA) is 51.0 Å². The lowest BCUT2D eigenvalue weighted by Crippen LogP contribution is -2.30. The van der Waals surface area contributed by atoms with Crippen LogP contribution in [-0.4, -0.2) is 20.7 Å². The van der Waals surface area contributed by atoms with Gasteiger partial charge in [0, 0.05) is 34.3 Å². The summed E-state index contributed by atoms with van der Waals surface area (Å²) in [5.41, 5.74) is 17.1. The molecule has 1 aliphatic rings. The number of aromatic nitrogens is 3. The van der Waals surface area contributed by atoms with E-state index >= 15 is 0 Å². The number of hydrogen-bond donors (Lipinski definition) is 0. The molecule has 0 amide bonds. The second-order valence-electron chi connectivity index (χ2n) is 16.6. The second-order valence-corrected chi connectivity index (χ2v) is 16.6. The summed E-state index contributed by atoms with van der Waals surface area (Å²) < 4.78 is 0. The quantitative estimate of drug-likeness (QED) is 0.129. The molecule has 1 saturated carbocycles. The molecular formula is C59H48N4. The van der Waals surface area contributed by atoms with Crippen molar-refractivity contribution in [2.24, 2.45) is 4.99 Å². The lowest BCUT2D eigenvalue weighted by Gasteiger charge is -2.39. The number of allylic oxidation sites excluding steroid dienone is 2. The molecule has 1 fully saturated rings. The van der Waals surface area contributed by atoms with Crippen molar-refractivity contribution in [3.8, 4) is 44.8 Å². The molecule has 3 aromatic heterocycles. The van der Waals surface area contributed by atoms with Gasteiger partial charge < -0.3 is 0 Å². The van der Waals surface area contributed by atoms with Crippen LogP contribution in [0.4, 0.5) is 5.69 Å². The number of pyridine rings is 3. The van der Waals surface area contributed by atoms with Crippen molar-refractivity contribution in [2.45, 2.75) is 44.4 Å².